The van der Waals surface area contributed by atoms with Crippen LogP contribution in [-0.4, -0.2) is 21.0 Å². The minimum Gasteiger partial charge on any atom is -0.383 e. The Morgan fingerprint density at radius 3 is 3.00 bits per heavy atom. The van der Waals surface area contributed by atoms with Gasteiger partial charge in [0.2, 0.25) is 0 Å². The van der Waals surface area contributed by atoms with Gasteiger partial charge in [0.15, 0.2) is 5.76 Å². The van der Waals surface area contributed by atoms with Gasteiger partial charge in [-0.15, -0.1) is 0 Å². The highest BCUT2D eigenvalue weighted by Gasteiger charge is 2.16. The van der Waals surface area contributed by atoms with Crippen molar-refractivity contribution >= 4 is 17.4 Å². The first-order valence-corrected chi connectivity index (χ1v) is 5.15. The first kappa shape index (κ1) is 12.5. The maximum atomic E-state index is 11.8. The van der Waals surface area contributed by atoms with Gasteiger partial charge in [-0.25, -0.2) is 4.98 Å². The van der Waals surface area contributed by atoms with Crippen LogP contribution >= 0.6 is 0 Å². The highest BCUT2D eigenvalue weighted by atomic mass is 16.6. The number of nitro groups is 1. The lowest BCUT2D eigenvalue weighted by Crippen LogP contribution is -2.24. The molecule has 9 heteroatoms. The van der Waals surface area contributed by atoms with E-state index in [-0.39, 0.29) is 23.6 Å². The van der Waals surface area contributed by atoms with Crippen LogP contribution in [0.4, 0.5) is 11.5 Å². The fourth-order valence-electron chi connectivity index (χ4n) is 1.34. The molecule has 0 saturated carbocycles. The van der Waals surface area contributed by atoms with Crippen molar-refractivity contribution in [3.8, 4) is 0 Å². The molecule has 19 heavy (non-hydrogen) atoms. The van der Waals surface area contributed by atoms with Crippen LogP contribution in [0.25, 0.3) is 0 Å². The largest absolute Gasteiger partial charge is 0.383 e. The van der Waals surface area contributed by atoms with Crippen LogP contribution in [0.3, 0.4) is 0 Å². The summed E-state index contributed by atoms with van der Waals surface area (Å²) in [5.74, 6) is -0.212. The van der Waals surface area contributed by atoms with Gasteiger partial charge in [0.1, 0.15) is 12.0 Å². The zero-order chi connectivity index (χ0) is 13.8. The number of anilines is 1. The molecule has 0 aliphatic carbocycles. The number of carbonyl (C=O) groups excluding carboxylic acids is 1. The van der Waals surface area contributed by atoms with Crippen LogP contribution in [0.1, 0.15) is 16.1 Å². The van der Waals surface area contributed by atoms with Crippen molar-refractivity contribution in [1.82, 2.24) is 15.5 Å². The third-order valence-corrected chi connectivity index (χ3v) is 2.27. The van der Waals surface area contributed by atoms with E-state index in [1.54, 1.807) is 6.07 Å². The van der Waals surface area contributed by atoms with Gasteiger partial charge in [0.05, 0.1) is 23.2 Å². The number of amides is 1. The molecule has 2 heterocycles. The van der Waals surface area contributed by atoms with Gasteiger partial charge in [-0.05, 0) is 0 Å². The summed E-state index contributed by atoms with van der Waals surface area (Å²) in [7, 11) is 0. The van der Waals surface area contributed by atoms with Gasteiger partial charge < -0.3 is 15.6 Å². The first-order chi connectivity index (χ1) is 9.08. The summed E-state index contributed by atoms with van der Waals surface area (Å²) < 4.78 is 4.79. The molecule has 0 aromatic carbocycles. The second kappa shape index (κ2) is 5.12. The number of rotatable bonds is 4. The quantitative estimate of drug-likeness (QED) is 0.604. The summed E-state index contributed by atoms with van der Waals surface area (Å²) in [6.07, 6.45) is 2.42. The van der Waals surface area contributed by atoms with Crippen molar-refractivity contribution in [3.63, 3.8) is 0 Å². The fourth-order valence-corrected chi connectivity index (χ4v) is 1.34. The Bertz CT molecular complexity index is 610. The third-order valence-electron chi connectivity index (χ3n) is 2.27. The topological polar surface area (TPSA) is 137 Å². The molecule has 0 spiro atoms. The van der Waals surface area contributed by atoms with E-state index in [0.29, 0.717) is 5.76 Å². The molecule has 0 aliphatic heterocycles. The van der Waals surface area contributed by atoms with Crippen LogP contribution in [-0.2, 0) is 6.54 Å². The predicted molar refractivity (Wildman–Crippen MR) is 63.0 cm³/mol. The molecule has 2 rings (SSSR count). The van der Waals surface area contributed by atoms with Crippen molar-refractivity contribution in [2.24, 2.45) is 0 Å². The second-order valence-corrected chi connectivity index (χ2v) is 3.54. The third kappa shape index (κ3) is 2.83. The minimum absolute atomic E-state index is 0.0614. The normalized spacial score (nSPS) is 10.1. The van der Waals surface area contributed by atoms with E-state index in [1.165, 1.54) is 6.20 Å². The van der Waals surface area contributed by atoms with E-state index in [1.807, 2.05) is 0 Å². The standard InChI is InChI=1S/C10H9N5O4/c11-9-8(3-6(4-12-9)15(17)18)10(16)13-5-7-1-2-14-19-7/h1-4H,5H2,(H2,11,12)(H,13,16). The van der Waals surface area contributed by atoms with Crippen molar-refractivity contribution in [2.75, 3.05) is 5.73 Å². The number of nitrogens with two attached hydrogens (primary N) is 1. The lowest BCUT2D eigenvalue weighted by atomic mass is 10.2. The van der Waals surface area contributed by atoms with Crippen LogP contribution in [0.2, 0.25) is 0 Å². The SMILES string of the molecule is Nc1ncc([N+](=O)[O-])cc1C(=O)NCc1ccno1. The molecule has 3 N–H and O–H groups in total. The Morgan fingerprint density at radius 2 is 2.37 bits per heavy atom. The van der Waals surface area contributed by atoms with Crippen molar-refractivity contribution in [2.45, 2.75) is 6.54 Å². The number of hydrogen-bond donors (Lipinski definition) is 2. The Hall–Kier alpha value is -2.97. The Morgan fingerprint density at radius 1 is 1.58 bits per heavy atom. The van der Waals surface area contributed by atoms with Crippen LogP contribution in [0.15, 0.2) is 29.0 Å². The summed E-state index contributed by atoms with van der Waals surface area (Å²) in [5.41, 5.74) is 5.14. The van der Waals surface area contributed by atoms with E-state index in [2.05, 4.69) is 15.5 Å². The highest BCUT2D eigenvalue weighted by molar-refractivity contribution is 5.98. The lowest BCUT2D eigenvalue weighted by Gasteiger charge is -2.05. The predicted octanol–water partition coefficient (Wildman–Crippen LogP) is 0.490. The summed E-state index contributed by atoms with van der Waals surface area (Å²) >= 11 is 0. The average Bonchev–Trinajstić information content (AvgIpc) is 2.89. The van der Waals surface area contributed by atoms with Gasteiger partial charge in [0.25, 0.3) is 11.6 Å². The highest BCUT2D eigenvalue weighted by Crippen LogP contribution is 2.16. The Balaban J connectivity index is 2.14. The molecule has 0 aliphatic rings. The van der Waals surface area contributed by atoms with Crippen LogP contribution in [0.5, 0.6) is 0 Å². The number of pyridine rings is 1. The zero-order valence-electron chi connectivity index (χ0n) is 9.57. The molecule has 98 valence electrons. The number of nitrogen functional groups attached to an aromatic ring is 1. The molecule has 0 fully saturated rings. The first-order valence-electron chi connectivity index (χ1n) is 5.15. The van der Waals surface area contributed by atoms with E-state index < -0.39 is 10.8 Å². The molecule has 9 nitrogen and oxygen atoms in total. The van der Waals surface area contributed by atoms with E-state index in [4.69, 9.17) is 10.3 Å². The fraction of sp³-hybridized carbons (Fsp3) is 0.100. The lowest BCUT2D eigenvalue weighted by molar-refractivity contribution is -0.385. The number of hydrogen-bond acceptors (Lipinski definition) is 7. The van der Waals surface area contributed by atoms with E-state index >= 15 is 0 Å². The summed E-state index contributed by atoms with van der Waals surface area (Å²) in [6, 6.07) is 2.65. The van der Waals surface area contributed by atoms with Crippen molar-refractivity contribution in [3.05, 3.63) is 46.0 Å². The molecular weight excluding hydrogens is 254 g/mol. The molecule has 0 unspecified atom stereocenters. The van der Waals surface area contributed by atoms with Gasteiger partial charge in [0, 0.05) is 12.1 Å². The molecule has 2 aromatic heterocycles. The number of nitrogens with one attached hydrogen (secondary N) is 1. The van der Waals surface area contributed by atoms with Gasteiger partial charge in [-0.1, -0.05) is 5.16 Å². The van der Waals surface area contributed by atoms with E-state index in [0.717, 1.165) is 12.3 Å². The zero-order valence-corrected chi connectivity index (χ0v) is 9.57. The molecule has 0 radical (unpaired) electrons. The Kier molecular flexibility index (Phi) is 3.37. The molecular formula is C10H9N5O4. The van der Waals surface area contributed by atoms with Crippen molar-refractivity contribution in [1.29, 1.82) is 0 Å². The smallest absolute Gasteiger partial charge is 0.288 e. The number of aromatic nitrogens is 2. The molecule has 0 bridgehead atoms. The van der Waals surface area contributed by atoms with E-state index in [9.17, 15) is 14.9 Å². The number of nitrogens with zero attached hydrogens (tertiary/aromatic N) is 3. The monoisotopic (exact) mass is 263 g/mol. The summed E-state index contributed by atoms with van der Waals surface area (Å²) in [6.45, 7) is 0.0982. The van der Waals surface area contributed by atoms with Gasteiger partial charge >= 0.3 is 0 Å². The average molecular weight is 263 g/mol. The van der Waals surface area contributed by atoms with Gasteiger partial charge in [-0.3, -0.25) is 14.9 Å². The van der Waals surface area contributed by atoms with Crippen molar-refractivity contribution < 1.29 is 14.2 Å². The van der Waals surface area contributed by atoms with Gasteiger partial charge in [-0.2, -0.15) is 0 Å². The van der Waals surface area contributed by atoms with Crippen LogP contribution in [0, 0.1) is 10.1 Å². The number of carbonyl (C=O) groups is 1. The maximum Gasteiger partial charge on any atom is 0.288 e. The van der Waals surface area contributed by atoms with Crippen LogP contribution < -0.4 is 11.1 Å². The molecule has 0 saturated heterocycles. The Labute approximate surface area is 106 Å². The molecule has 0 atom stereocenters. The second-order valence-electron chi connectivity index (χ2n) is 3.54. The molecule has 1 amide bonds. The minimum atomic E-state index is -0.653. The summed E-state index contributed by atoms with van der Waals surface area (Å²) in [4.78, 5) is 25.4. The maximum absolute atomic E-state index is 11.8. The summed E-state index contributed by atoms with van der Waals surface area (Å²) in [5, 5.41) is 16.6. The molecule has 2 aromatic rings.